The molecule has 0 spiro atoms. The van der Waals surface area contributed by atoms with Crippen molar-refractivity contribution in [1.29, 1.82) is 0 Å². The summed E-state index contributed by atoms with van der Waals surface area (Å²) in [5, 5.41) is 3.29. The van der Waals surface area contributed by atoms with Crippen molar-refractivity contribution in [2.75, 3.05) is 11.9 Å². The number of aryl methyl sites for hydroxylation is 2. The Morgan fingerprint density at radius 3 is 2.90 bits per heavy atom. The van der Waals surface area contributed by atoms with Crippen molar-refractivity contribution >= 4 is 21.6 Å². The van der Waals surface area contributed by atoms with Crippen LogP contribution in [0.4, 0.5) is 10.1 Å². The van der Waals surface area contributed by atoms with Gasteiger partial charge in [0.15, 0.2) is 0 Å². The predicted molar refractivity (Wildman–Crippen MR) is 86.6 cm³/mol. The molecule has 0 bridgehead atoms. The van der Waals surface area contributed by atoms with E-state index in [1.54, 1.807) is 6.07 Å². The minimum absolute atomic E-state index is 0.0907. The smallest absolute Gasteiger partial charge is 0.139 e. The second kappa shape index (κ2) is 5.68. The molecular formula is C17H17BrFNO. The Hall–Kier alpha value is -1.55. The van der Waals surface area contributed by atoms with Crippen LogP contribution in [0.3, 0.4) is 0 Å². The summed E-state index contributed by atoms with van der Waals surface area (Å²) in [5.41, 5.74) is 4.32. The molecule has 0 aliphatic carbocycles. The topological polar surface area (TPSA) is 21.3 Å². The Bertz CT molecular complexity index is 687. The summed E-state index contributed by atoms with van der Waals surface area (Å²) in [4.78, 5) is 0. The Kier molecular flexibility index (Phi) is 3.89. The van der Waals surface area contributed by atoms with Crippen LogP contribution < -0.4 is 10.1 Å². The zero-order valence-corrected chi connectivity index (χ0v) is 13.6. The maximum absolute atomic E-state index is 13.6. The summed E-state index contributed by atoms with van der Waals surface area (Å²) >= 11 is 3.20. The molecule has 2 aromatic carbocycles. The Balaban J connectivity index is 1.66. The second-order valence-electron chi connectivity index (χ2n) is 5.52. The molecule has 1 N–H and O–H groups in total. The van der Waals surface area contributed by atoms with E-state index in [9.17, 15) is 4.39 Å². The van der Waals surface area contributed by atoms with Gasteiger partial charge in [-0.05, 0) is 59.1 Å². The first-order valence-electron chi connectivity index (χ1n) is 6.98. The molecule has 0 amide bonds. The van der Waals surface area contributed by atoms with Gasteiger partial charge in [0, 0.05) is 12.1 Å². The fourth-order valence-electron chi connectivity index (χ4n) is 2.62. The minimum Gasteiger partial charge on any atom is -0.488 e. The molecule has 3 rings (SSSR count). The lowest BCUT2D eigenvalue weighted by atomic mass is 10.1. The molecule has 1 atom stereocenters. The summed E-state index contributed by atoms with van der Waals surface area (Å²) < 4.78 is 20.0. The first kappa shape index (κ1) is 14.4. The molecule has 2 aromatic rings. The third kappa shape index (κ3) is 3.05. The molecule has 1 heterocycles. The molecule has 1 aliphatic rings. The average molecular weight is 350 g/mol. The Labute approximate surface area is 132 Å². The van der Waals surface area contributed by atoms with Crippen LogP contribution in [-0.2, 0) is 6.42 Å². The van der Waals surface area contributed by atoms with Gasteiger partial charge in [0.05, 0.1) is 11.0 Å². The van der Waals surface area contributed by atoms with Gasteiger partial charge in [-0.1, -0.05) is 17.7 Å². The van der Waals surface area contributed by atoms with E-state index in [2.05, 4.69) is 40.3 Å². The van der Waals surface area contributed by atoms with Crippen LogP contribution in [0.2, 0.25) is 0 Å². The first-order valence-corrected chi connectivity index (χ1v) is 7.78. The van der Waals surface area contributed by atoms with Crippen LogP contribution in [0, 0.1) is 19.7 Å². The molecule has 4 heteroatoms. The van der Waals surface area contributed by atoms with Gasteiger partial charge in [-0.2, -0.15) is 0 Å². The van der Waals surface area contributed by atoms with E-state index >= 15 is 0 Å². The number of hydrogen-bond donors (Lipinski definition) is 1. The van der Waals surface area contributed by atoms with Crippen LogP contribution in [0.15, 0.2) is 34.8 Å². The molecule has 110 valence electrons. The Morgan fingerprint density at radius 2 is 2.10 bits per heavy atom. The van der Waals surface area contributed by atoms with Crippen molar-refractivity contribution in [2.45, 2.75) is 26.4 Å². The number of benzene rings is 2. The summed E-state index contributed by atoms with van der Waals surface area (Å²) in [6.07, 6.45) is 0.982. The van der Waals surface area contributed by atoms with Crippen molar-refractivity contribution in [3.63, 3.8) is 0 Å². The lowest BCUT2D eigenvalue weighted by molar-refractivity contribution is 0.246. The van der Waals surface area contributed by atoms with Gasteiger partial charge in [0.1, 0.15) is 17.7 Å². The lowest BCUT2D eigenvalue weighted by Gasteiger charge is -2.15. The number of fused-ring (bicyclic) bond motifs is 1. The minimum atomic E-state index is -0.255. The zero-order valence-electron chi connectivity index (χ0n) is 12.0. The van der Waals surface area contributed by atoms with Crippen molar-refractivity contribution in [1.82, 2.24) is 0 Å². The molecule has 21 heavy (non-hydrogen) atoms. The van der Waals surface area contributed by atoms with E-state index < -0.39 is 0 Å². The van der Waals surface area contributed by atoms with Crippen molar-refractivity contribution in [3.8, 4) is 5.75 Å². The Morgan fingerprint density at radius 1 is 1.29 bits per heavy atom. The third-order valence-electron chi connectivity index (χ3n) is 3.74. The summed E-state index contributed by atoms with van der Waals surface area (Å²) in [5.74, 6) is 0.709. The van der Waals surface area contributed by atoms with E-state index in [0.29, 0.717) is 11.0 Å². The number of anilines is 1. The number of ether oxygens (including phenoxy) is 1. The van der Waals surface area contributed by atoms with Crippen LogP contribution >= 0.6 is 15.9 Å². The van der Waals surface area contributed by atoms with Crippen molar-refractivity contribution < 1.29 is 9.13 Å². The highest BCUT2D eigenvalue weighted by atomic mass is 79.9. The summed E-state index contributed by atoms with van der Waals surface area (Å²) in [6.45, 7) is 4.70. The molecule has 1 aliphatic heterocycles. The standard InChI is InChI=1S/C17H17BrFNO/c1-10-3-4-17-12(5-10)7-13(21-17)9-20-16-8-15(19)14(18)6-11(16)2/h3-6,8,13,20H,7,9H2,1-2H3. The fourth-order valence-corrected chi connectivity index (χ4v) is 3.08. The monoisotopic (exact) mass is 349 g/mol. The van der Waals surface area contributed by atoms with Gasteiger partial charge >= 0.3 is 0 Å². The first-order chi connectivity index (χ1) is 10.0. The maximum atomic E-state index is 13.6. The number of hydrogen-bond acceptors (Lipinski definition) is 2. The van der Waals surface area contributed by atoms with Gasteiger partial charge in [-0.25, -0.2) is 4.39 Å². The molecule has 1 unspecified atom stereocenters. The predicted octanol–water partition coefficient (Wildman–Crippen LogP) is 4.62. The molecule has 0 radical (unpaired) electrons. The molecule has 0 fully saturated rings. The number of rotatable bonds is 3. The van der Waals surface area contributed by atoms with Crippen LogP contribution in [0.5, 0.6) is 5.75 Å². The van der Waals surface area contributed by atoms with Crippen LogP contribution in [0.25, 0.3) is 0 Å². The highest BCUT2D eigenvalue weighted by Gasteiger charge is 2.22. The summed E-state index contributed by atoms with van der Waals surface area (Å²) in [6, 6.07) is 9.55. The van der Waals surface area contributed by atoms with Crippen LogP contribution in [-0.4, -0.2) is 12.6 Å². The normalized spacial score (nSPS) is 16.5. The van der Waals surface area contributed by atoms with Gasteiger partial charge < -0.3 is 10.1 Å². The SMILES string of the molecule is Cc1ccc2c(c1)CC(CNc1cc(F)c(Br)cc1C)O2. The number of halogens is 2. The van der Waals surface area contributed by atoms with Gasteiger partial charge in [0.25, 0.3) is 0 Å². The summed E-state index contributed by atoms with van der Waals surface area (Å²) in [7, 11) is 0. The molecule has 0 aromatic heterocycles. The van der Waals surface area contributed by atoms with Crippen molar-refractivity contribution in [2.24, 2.45) is 0 Å². The van der Waals surface area contributed by atoms with E-state index in [1.165, 1.54) is 17.2 Å². The van der Waals surface area contributed by atoms with Gasteiger partial charge in [0.2, 0.25) is 0 Å². The highest BCUT2D eigenvalue weighted by molar-refractivity contribution is 9.10. The van der Waals surface area contributed by atoms with Gasteiger partial charge in [-0.3, -0.25) is 0 Å². The lowest BCUT2D eigenvalue weighted by Crippen LogP contribution is -2.24. The molecular weight excluding hydrogens is 333 g/mol. The zero-order chi connectivity index (χ0) is 15.0. The van der Waals surface area contributed by atoms with Crippen LogP contribution in [0.1, 0.15) is 16.7 Å². The highest BCUT2D eigenvalue weighted by Crippen LogP contribution is 2.30. The maximum Gasteiger partial charge on any atom is 0.139 e. The van der Waals surface area contributed by atoms with Crippen molar-refractivity contribution in [3.05, 3.63) is 57.3 Å². The average Bonchev–Trinajstić information content (AvgIpc) is 2.83. The van der Waals surface area contributed by atoms with E-state index in [1.807, 2.05) is 13.0 Å². The number of nitrogens with one attached hydrogen (secondary N) is 1. The quantitative estimate of drug-likeness (QED) is 0.872. The molecule has 0 saturated carbocycles. The van der Waals surface area contributed by atoms with E-state index in [0.717, 1.165) is 23.4 Å². The fraction of sp³-hybridized carbons (Fsp3) is 0.294. The molecule has 0 saturated heterocycles. The largest absolute Gasteiger partial charge is 0.488 e. The molecule has 2 nitrogen and oxygen atoms in total. The third-order valence-corrected chi connectivity index (χ3v) is 4.35. The second-order valence-corrected chi connectivity index (χ2v) is 6.37. The van der Waals surface area contributed by atoms with Gasteiger partial charge in [-0.15, -0.1) is 0 Å². The van der Waals surface area contributed by atoms with E-state index in [-0.39, 0.29) is 11.9 Å². The van der Waals surface area contributed by atoms with E-state index in [4.69, 9.17) is 4.74 Å².